The molecule has 3 aromatic rings. The number of carbonyl (C=O) groups excluding carboxylic acids is 1. The van der Waals surface area contributed by atoms with Crippen LogP contribution in [0.15, 0.2) is 65.8 Å². The number of alkyl halides is 3. The van der Waals surface area contributed by atoms with Crippen LogP contribution in [0.1, 0.15) is 22.8 Å². The molecular formula is C19H16F3N3O4S. The standard InChI is InChI=1S/C19H16F3N3O4S/c1-2-29-18(26)13-4-7-15(8-5-13)30(27,28)24-16-12-14(19(20,21)22)6-9-17(16)25-11-3-10-23-25/h3-12,24H,2H2,1H3. The van der Waals surface area contributed by atoms with Crippen LogP contribution in [0.4, 0.5) is 18.9 Å². The zero-order valence-electron chi connectivity index (χ0n) is 15.6. The second-order valence-electron chi connectivity index (χ2n) is 6.03. The summed E-state index contributed by atoms with van der Waals surface area (Å²) < 4.78 is 73.2. The van der Waals surface area contributed by atoms with Crippen molar-refractivity contribution < 1.29 is 31.1 Å². The van der Waals surface area contributed by atoms with Crippen LogP contribution in [0.25, 0.3) is 5.69 Å². The molecule has 158 valence electrons. The molecule has 0 atom stereocenters. The largest absolute Gasteiger partial charge is 0.462 e. The van der Waals surface area contributed by atoms with Crippen molar-refractivity contribution in [3.05, 3.63) is 72.1 Å². The number of benzene rings is 2. The molecule has 0 spiro atoms. The molecule has 11 heteroatoms. The van der Waals surface area contributed by atoms with Crippen LogP contribution in [-0.4, -0.2) is 30.8 Å². The van der Waals surface area contributed by atoms with Gasteiger partial charge in [0, 0.05) is 12.4 Å². The third-order valence-corrected chi connectivity index (χ3v) is 5.38. The highest BCUT2D eigenvalue weighted by Crippen LogP contribution is 2.34. The summed E-state index contributed by atoms with van der Waals surface area (Å²) in [7, 11) is -4.25. The Hall–Kier alpha value is -3.34. The van der Waals surface area contributed by atoms with E-state index in [1.807, 2.05) is 0 Å². The Balaban J connectivity index is 1.98. The number of hydrogen-bond acceptors (Lipinski definition) is 5. The Kier molecular flexibility index (Phi) is 5.83. The minimum atomic E-state index is -4.66. The molecule has 0 radical (unpaired) electrons. The van der Waals surface area contributed by atoms with Gasteiger partial charge >= 0.3 is 12.1 Å². The van der Waals surface area contributed by atoms with Crippen LogP contribution in [-0.2, 0) is 20.9 Å². The molecule has 0 saturated heterocycles. The van der Waals surface area contributed by atoms with Crippen LogP contribution < -0.4 is 4.72 Å². The molecule has 2 aromatic carbocycles. The van der Waals surface area contributed by atoms with Crippen LogP contribution in [0.3, 0.4) is 0 Å². The Bertz CT molecular complexity index is 1140. The lowest BCUT2D eigenvalue weighted by atomic mass is 10.1. The van der Waals surface area contributed by atoms with Crippen molar-refractivity contribution >= 4 is 21.7 Å². The third-order valence-electron chi connectivity index (χ3n) is 4.00. The van der Waals surface area contributed by atoms with E-state index in [0.717, 1.165) is 24.3 Å². The first-order chi connectivity index (χ1) is 14.1. The van der Waals surface area contributed by atoms with E-state index >= 15 is 0 Å². The van der Waals surface area contributed by atoms with Crippen molar-refractivity contribution in [3.63, 3.8) is 0 Å². The van der Waals surface area contributed by atoms with Crippen LogP contribution in [0.5, 0.6) is 0 Å². The maximum absolute atomic E-state index is 13.1. The van der Waals surface area contributed by atoms with Crippen molar-refractivity contribution in [1.29, 1.82) is 0 Å². The van der Waals surface area contributed by atoms with Crippen LogP contribution >= 0.6 is 0 Å². The highest BCUT2D eigenvalue weighted by Gasteiger charge is 2.32. The van der Waals surface area contributed by atoms with Gasteiger partial charge in [-0.1, -0.05) is 0 Å². The summed E-state index contributed by atoms with van der Waals surface area (Å²) >= 11 is 0. The summed E-state index contributed by atoms with van der Waals surface area (Å²) in [4.78, 5) is 11.5. The molecule has 3 rings (SSSR count). The molecule has 0 aliphatic heterocycles. The fourth-order valence-electron chi connectivity index (χ4n) is 2.59. The number of nitrogens with zero attached hydrogens (tertiary/aromatic N) is 2. The van der Waals surface area contributed by atoms with E-state index in [9.17, 15) is 26.4 Å². The quantitative estimate of drug-likeness (QED) is 0.589. The average molecular weight is 439 g/mol. The van der Waals surface area contributed by atoms with Crippen molar-refractivity contribution in [2.24, 2.45) is 0 Å². The van der Waals surface area contributed by atoms with Gasteiger partial charge in [-0.15, -0.1) is 0 Å². The first-order valence-electron chi connectivity index (χ1n) is 8.63. The van der Waals surface area contributed by atoms with Crippen molar-refractivity contribution in [2.45, 2.75) is 18.0 Å². The molecule has 0 fully saturated rings. The van der Waals surface area contributed by atoms with Crippen molar-refractivity contribution in [3.8, 4) is 5.69 Å². The summed E-state index contributed by atoms with van der Waals surface area (Å²) in [6.07, 6.45) is -1.79. The van der Waals surface area contributed by atoms with E-state index in [1.54, 1.807) is 13.0 Å². The van der Waals surface area contributed by atoms with E-state index in [1.165, 1.54) is 29.2 Å². The Morgan fingerprint density at radius 2 is 1.87 bits per heavy atom. The van der Waals surface area contributed by atoms with Crippen molar-refractivity contribution in [2.75, 3.05) is 11.3 Å². The first kappa shape index (κ1) is 21.4. The van der Waals surface area contributed by atoms with Gasteiger partial charge in [0.25, 0.3) is 10.0 Å². The minimum absolute atomic E-state index is 0.111. The highest BCUT2D eigenvalue weighted by molar-refractivity contribution is 7.92. The molecule has 1 heterocycles. The molecule has 0 amide bonds. The summed E-state index contributed by atoms with van der Waals surface area (Å²) in [5.74, 6) is -0.617. The predicted molar refractivity (Wildman–Crippen MR) is 102 cm³/mol. The monoisotopic (exact) mass is 439 g/mol. The van der Waals surface area contributed by atoms with Crippen molar-refractivity contribution in [1.82, 2.24) is 9.78 Å². The molecule has 1 N–H and O–H groups in total. The lowest BCUT2D eigenvalue weighted by Crippen LogP contribution is -2.16. The summed E-state index contributed by atoms with van der Waals surface area (Å²) in [5, 5.41) is 3.94. The summed E-state index contributed by atoms with van der Waals surface area (Å²) in [6.45, 7) is 1.79. The normalized spacial score (nSPS) is 11.9. The molecule has 1 aromatic heterocycles. The maximum atomic E-state index is 13.1. The molecule has 0 saturated carbocycles. The number of nitrogens with one attached hydrogen (secondary N) is 1. The van der Waals surface area contributed by atoms with Gasteiger partial charge in [0.1, 0.15) is 0 Å². The number of sulfonamides is 1. The number of anilines is 1. The molecule has 30 heavy (non-hydrogen) atoms. The minimum Gasteiger partial charge on any atom is -0.462 e. The number of hydrogen-bond donors (Lipinski definition) is 1. The van der Waals surface area contributed by atoms with Gasteiger partial charge in [-0.25, -0.2) is 17.9 Å². The fourth-order valence-corrected chi connectivity index (χ4v) is 3.66. The van der Waals surface area contributed by atoms with Gasteiger partial charge in [0.2, 0.25) is 0 Å². The Morgan fingerprint density at radius 3 is 2.43 bits per heavy atom. The second-order valence-corrected chi connectivity index (χ2v) is 7.71. The van der Waals surface area contributed by atoms with Gasteiger partial charge in [-0.3, -0.25) is 4.72 Å². The average Bonchev–Trinajstić information content (AvgIpc) is 3.22. The summed E-state index contributed by atoms with van der Waals surface area (Å²) in [5.41, 5.74) is -1.07. The molecule has 0 bridgehead atoms. The van der Waals surface area contributed by atoms with Gasteiger partial charge in [0.05, 0.1) is 34.0 Å². The summed E-state index contributed by atoms with van der Waals surface area (Å²) in [6, 6.07) is 9.04. The van der Waals surface area contributed by atoms with E-state index in [2.05, 4.69) is 9.82 Å². The first-order valence-corrected chi connectivity index (χ1v) is 10.1. The number of rotatable bonds is 6. The highest BCUT2D eigenvalue weighted by atomic mass is 32.2. The van der Waals surface area contributed by atoms with Crippen LogP contribution in [0.2, 0.25) is 0 Å². The topological polar surface area (TPSA) is 90.3 Å². The van der Waals surface area contributed by atoms with E-state index in [-0.39, 0.29) is 28.4 Å². The van der Waals surface area contributed by atoms with E-state index in [4.69, 9.17) is 4.74 Å². The number of aromatic nitrogens is 2. The second kappa shape index (κ2) is 8.19. The van der Waals surface area contributed by atoms with E-state index in [0.29, 0.717) is 6.07 Å². The number of ether oxygens (including phenoxy) is 1. The zero-order chi connectivity index (χ0) is 21.9. The van der Waals surface area contributed by atoms with Gasteiger partial charge in [-0.05, 0) is 55.5 Å². The lowest BCUT2D eigenvalue weighted by Gasteiger charge is -2.16. The Morgan fingerprint density at radius 1 is 1.17 bits per heavy atom. The maximum Gasteiger partial charge on any atom is 0.416 e. The third kappa shape index (κ3) is 4.62. The smallest absolute Gasteiger partial charge is 0.416 e. The van der Waals surface area contributed by atoms with E-state index < -0.39 is 27.7 Å². The molecule has 0 aliphatic carbocycles. The number of esters is 1. The van der Waals surface area contributed by atoms with Gasteiger partial charge in [-0.2, -0.15) is 18.3 Å². The lowest BCUT2D eigenvalue weighted by molar-refractivity contribution is -0.137. The zero-order valence-corrected chi connectivity index (χ0v) is 16.4. The number of carbonyl (C=O) groups is 1. The fraction of sp³-hybridized carbons (Fsp3) is 0.158. The predicted octanol–water partition coefficient (Wildman–Crippen LogP) is 3.87. The molecule has 0 aliphatic rings. The number of halogens is 3. The van der Waals surface area contributed by atoms with Crippen LogP contribution in [0, 0.1) is 0 Å². The van der Waals surface area contributed by atoms with Gasteiger partial charge < -0.3 is 4.74 Å². The Labute approximate surface area is 170 Å². The molecular weight excluding hydrogens is 423 g/mol. The SMILES string of the molecule is CCOC(=O)c1ccc(S(=O)(=O)Nc2cc(C(F)(F)F)ccc2-n2cccn2)cc1. The molecule has 0 unspecified atom stereocenters. The molecule has 7 nitrogen and oxygen atoms in total. The van der Waals surface area contributed by atoms with Gasteiger partial charge in [0.15, 0.2) is 0 Å².